The van der Waals surface area contributed by atoms with Crippen LogP contribution in [-0.2, 0) is 22.4 Å². The zero-order valence-electron chi connectivity index (χ0n) is 16.0. The first-order chi connectivity index (χ1) is 13.6. The fraction of sp³-hybridized carbons (Fsp3) is 0.261. The third kappa shape index (κ3) is 3.24. The second-order valence-corrected chi connectivity index (χ2v) is 7.21. The van der Waals surface area contributed by atoms with Crippen LogP contribution in [0.25, 0.3) is 10.9 Å². The summed E-state index contributed by atoms with van der Waals surface area (Å²) in [6.07, 6.45) is 1.65. The first-order valence-corrected chi connectivity index (χ1v) is 9.44. The van der Waals surface area contributed by atoms with E-state index < -0.39 is 12.1 Å². The first kappa shape index (κ1) is 18.2. The first-order valence-electron chi connectivity index (χ1n) is 9.44. The van der Waals surface area contributed by atoms with Gasteiger partial charge in [-0.3, -0.25) is 9.78 Å². The third-order valence-electron chi connectivity index (χ3n) is 5.12. The predicted molar refractivity (Wildman–Crippen MR) is 107 cm³/mol. The number of carbonyl (C=O) groups excluding carboxylic acids is 2. The molecule has 5 nitrogen and oxygen atoms in total. The number of benzene rings is 2. The summed E-state index contributed by atoms with van der Waals surface area (Å²) in [5.74, 6) is -0.740. The molecule has 3 aromatic rings. The Kier molecular flexibility index (Phi) is 4.82. The Morgan fingerprint density at radius 3 is 2.46 bits per heavy atom. The SMILES string of the molecule is CN(C)C(=O)[C@@H](OC(=O)c1c2c(nc3ccccc13)CCC2)c1ccccc1. The van der Waals surface area contributed by atoms with Crippen LogP contribution in [-0.4, -0.2) is 35.9 Å². The molecule has 1 aliphatic rings. The van der Waals surface area contributed by atoms with Crippen LogP contribution in [0, 0.1) is 0 Å². The highest BCUT2D eigenvalue weighted by molar-refractivity contribution is 6.06. The Balaban J connectivity index is 1.78. The van der Waals surface area contributed by atoms with Crippen molar-refractivity contribution in [1.82, 2.24) is 9.88 Å². The molecule has 2 aromatic carbocycles. The maximum absolute atomic E-state index is 13.3. The van der Waals surface area contributed by atoms with Crippen molar-refractivity contribution < 1.29 is 14.3 Å². The monoisotopic (exact) mass is 374 g/mol. The summed E-state index contributed by atoms with van der Waals surface area (Å²) in [7, 11) is 3.32. The summed E-state index contributed by atoms with van der Waals surface area (Å²) in [5.41, 5.74) is 3.90. The number of nitrogens with zero attached hydrogens (tertiary/aromatic N) is 2. The molecule has 1 aliphatic carbocycles. The topological polar surface area (TPSA) is 59.5 Å². The van der Waals surface area contributed by atoms with Gasteiger partial charge in [-0.15, -0.1) is 0 Å². The van der Waals surface area contributed by atoms with Crippen LogP contribution in [0.15, 0.2) is 54.6 Å². The van der Waals surface area contributed by atoms with Gasteiger partial charge in [0.2, 0.25) is 6.10 Å². The molecule has 142 valence electrons. The number of amides is 1. The minimum Gasteiger partial charge on any atom is -0.444 e. The molecule has 1 heterocycles. The maximum Gasteiger partial charge on any atom is 0.340 e. The van der Waals surface area contributed by atoms with Crippen LogP contribution in [0.5, 0.6) is 0 Å². The third-order valence-corrected chi connectivity index (χ3v) is 5.12. The van der Waals surface area contributed by atoms with Crippen molar-refractivity contribution in [1.29, 1.82) is 0 Å². The van der Waals surface area contributed by atoms with Crippen LogP contribution in [0.1, 0.15) is 39.7 Å². The molecule has 0 saturated carbocycles. The summed E-state index contributed by atoms with van der Waals surface area (Å²) in [6, 6.07) is 16.7. The predicted octanol–water partition coefficient (Wildman–Crippen LogP) is 3.71. The molecule has 4 rings (SSSR count). The van der Waals surface area contributed by atoms with Gasteiger partial charge in [0.15, 0.2) is 0 Å². The highest BCUT2D eigenvalue weighted by atomic mass is 16.5. The summed E-state index contributed by atoms with van der Waals surface area (Å²) in [4.78, 5) is 32.2. The van der Waals surface area contributed by atoms with Gasteiger partial charge in [0.1, 0.15) is 0 Å². The molecule has 1 amide bonds. The van der Waals surface area contributed by atoms with E-state index >= 15 is 0 Å². The van der Waals surface area contributed by atoms with Gasteiger partial charge in [-0.2, -0.15) is 0 Å². The number of para-hydroxylation sites is 1. The number of aromatic nitrogens is 1. The quantitative estimate of drug-likeness (QED) is 0.653. The Morgan fingerprint density at radius 2 is 1.71 bits per heavy atom. The summed E-state index contributed by atoms with van der Waals surface area (Å²) >= 11 is 0. The summed E-state index contributed by atoms with van der Waals surface area (Å²) < 4.78 is 5.82. The molecule has 0 unspecified atom stereocenters. The van der Waals surface area contributed by atoms with Crippen LogP contribution in [0.3, 0.4) is 0 Å². The van der Waals surface area contributed by atoms with Crippen molar-refractivity contribution in [2.45, 2.75) is 25.4 Å². The second kappa shape index (κ2) is 7.43. The fourth-order valence-corrected chi connectivity index (χ4v) is 3.73. The molecule has 0 bridgehead atoms. The number of rotatable bonds is 4. The molecule has 1 atom stereocenters. The fourth-order valence-electron chi connectivity index (χ4n) is 3.73. The number of pyridine rings is 1. The van der Waals surface area contributed by atoms with Crippen molar-refractivity contribution in [3.8, 4) is 0 Å². The number of hydrogen-bond acceptors (Lipinski definition) is 4. The number of esters is 1. The Bertz CT molecular complexity index is 1040. The molecule has 1 aromatic heterocycles. The van der Waals surface area contributed by atoms with E-state index in [1.165, 1.54) is 4.90 Å². The minimum absolute atomic E-state index is 0.269. The number of fused-ring (bicyclic) bond motifs is 2. The second-order valence-electron chi connectivity index (χ2n) is 7.21. The van der Waals surface area contributed by atoms with E-state index in [4.69, 9.17) is 9.72 Å². The highest BCUT2D eigenvalue weighted by Gasteiger charge is 2.30. The number of aryl methyl sites for hydroxylation is 1. The molecule has 0 saturated heterocycles. The molecule has 0 radical (unpaired) electrons. The lowest BCUT2D eigenvalue weighted by atomic mass is 10.0. The van der Waals surface area contributed by atoms with Crippen molar-refractivity contribution in [2.24, 2.45) is 0 Å². The molecular weight excluding hydrogens is 352 g/mol. The number of carbonyl (C=O) groups is 2. The van der Waals surface area contributed by atoms with E-state index in [1.807, 2.05) is 42.5 Å². The number of hydrogen-bond donors (Lipinski definition) is 0. The Labute approximate surface area is 163 Å². The summed E-state index contributed by atoms with van der Waals surface area (Å²) in [5, 5.41) is 0.775. The van der Waals surface area contributed by atoms with E-state index in [2.05, 4.69) is 0 Å². The van der Waals surface area contributed by atoms with Crippen molar-refractivity contribution >= 4 is 22.8 Å². The highest BCUT2D eigenvalue weighted by Crippen LogP contribution is 2.32. The Hall–Kier alpha value is -3.21. The van der Waals surface area contributed by atoms with Crippen LogP contribution in [0.4, 0.5) is 0 Å². The van der Waals surface area contributed by atoms with E-state index in [0.29, 0.717) is 11.1 Å². The molecule has 0 N–H and O–H groups in total. The van der Waals surface area contributed by atoms with E-state index in [0.717, 1.165) is 41.4 Å². The van der Waals surface area contributed by atoms with Gasteiger partial charge in [0, 0.05) is 30.7 Å². The van der Waals surface area contributed by atoms with E-state index in [1.54, 1.807) is 26.2 Å². The van der Waals surface area contributed by atoms with Gasteiger partial charge < -0.3 is 9.64 Å². The molecule has 0 aliphatic heterocycles. The van der Waals surface area contributed by atoms with Gasteiger partial charge in [0.05, 0.1) is 11.1 Å². The molecule has 5 heteroatoms. The van der Waals surface area contributed by atoms with Crippen molar-refractivity contribution in [2.75, 3.05) is 14.1 Å². The smallest absolute Gasteiger partial charge is 0.340 e. The zero-order valence-corrected chi connectivity index (χ0v) is 16.0. The lowest BCUT2D eigenvalue weighted by molar-refractivity contribution is -0.138. The average molecular weight is 374 g/mol. The zero-order chi connectivity index (χ0) is 19.7. The largest absolute Gasteiger partial charge is 0.444 e. The average Bonchev–Trinajstić information content (AvgIpc) is 3.18. The lowest BCUT2D eigenvalue weighted by Gasteiger charge is -2.22. The van der Waals surface area contributed by atoms with Gasteiger partial charge >= 0.3 is 5.97 Å². The van der Waals surface area contributed by atoms with Gasteiger partial charge in [-0.25, -0.2) is 4.79 Å². The van der Waals surface area contributed by atoms with Gasteiger partial charge in [0.25, 0.3) is 5.91 Å². The van der Waals surface area contributed by atoms with Crippen molar-refractivity contribution in [3.05, 3.63) is 77.0 Å². The van der Waals surface area contributed by atoms with Crippen LogP contribution >= 0.6 is 0 Å². The van der Waals surface area contributed by atoms with Crippen LogP contribution < -0.4 is 0 Å². The van der Waals surface area contributed by atoms with E-state index in [9.17, 15) is 9.59 Å². The van der Waals surface area contributed by atoms with Gasteiger partial charge in [-0.05, 0) is 30.9 Å². The standard InChI is InChI=1S/C23H22N2O3/c1-25(2)22(26)21(15-9-4-3-5-10-15)28-23(27)20-16-11-6-7-13-18(16)24-19-14-8-12-17(19)20/h3-7,9-11,13,21H,8,12,14H2,1-2H3/t21-/m0/s1. The number of ether oxygens (including phenoxy) is 1. The lowest BCUT2D eigenvalue weighted by Crippen LogP contribution is -2.31. The molecule has 28 heavy (non-hydrogen) atoms. The van der Waals surface area contributed by atoms with Crippen molar-refractivity contribution in [3.63, 3.8) is 0 Å². The molecule has 0 fully saturated rings. The molecule has 0 spiro atoms. The summed E-state index contributed by atoms with van der Waals surface area (Å²) in [6.45, 7) is 0. The van der Waals surface area contributed by atoms with Gasteiger partial charge in [-0.1, -0.05) is 48.5 Å². The van der Waals surface area contributed by atoms with Crippen LogP contribution in [0.2, 0.25) is 0 Å². The maximum atomic E-state index is 13.3. The number of likely N-dealkylation sites (N-methyl/N-ethyl adjacent to an activating group) is 1. The Morgan fingerprint density at radius 1 is 1.00 bits per heavy atom. The minimum atomic E-state index is -0.979. The molecular formula is C23H22N2O3. The van der Waals surface area contributed by atoms with E-state index in [-0.39, 0.29) is 5.91 Å². The normalized spacial score (nSPS) is 13.8.